The number of aromatic nitrogens is 2. The third-order valence-electron chi connectivity index (χ3n) is 4.21. The number of halogens is 3. The molecule has 1 N–H and O–H groups in total. The fourth-order valence-corrected chi connectivity index (χ4v) is 2.83. The van der Waals surface area contributed by atoms with E-state index >= 15 is 0 Å². The first-order chi connectivity index (χ1) is 12.3. The Bertz CT molecular complexity index is 772. The summed E-state index contributed by atoms with van der Waals surface area (Å²) in [6, 6.07) is 5.37. The van der Waals surface area contributed by atoms with E-state index in [0.29, 0.717) is 44.1 Å². The van der Waals surface area contributed by atoms with E-state index in [2.05, 4.69) is 14.9 Å². The Labute approximate surface area is 147 Å². The fraction of sp³-hybridized carbons (Fsp3) is 0.353. The van der Waals surface area contributed by atoms with Crippen molar-refractivity contribution in [3.8, 4) is 0 Å². The highest BCUT2D eigenvalue weighted by atomic mass is 19.4. The largest absolute Gasteiger partial charge is 0.476 e. The molecule has 6 nitrogen and oxygen atoms in total. The third kappa shape index (κ3) is 4.29. The lowest BCUT2D eigenvalue weighted by Crippen LogP contribution is -2.46. The number of hydrogen-bond acceptors (Lipinski definition) is 5. The zero-order chi connectivity index (χ0) is 18.7. The molecule has 26 heavy (non-hydrogen) atoms. The monoisotopic (exact) mass is 366 g/mol. The van der Waals surface area contributed by atoms with Gasteiger partial charge in [0.05, 0.1) is 18.0 Å². The quantitative estimate of drug-likeness (QED) is 0.897. The molecule has 0 radical (unpaired) electrons. The van der Waals surface area contributed by atoms with Crippen molar-refractivity contribution in [1.29, 1.82) is 0 Å². The van der Waals surface area contributed by atoms with Crippen LogP contribution in [0.4, 0.5) is 19.0 Å². The van der Waals surface area contributed by atoms with Crippen LogP contribution in [0.25, 0.3) is 0 Å². The Morgan fingerprint density at radius 1 is 1.12 bits per heavy atom. The maximum Gasteiger partial charge on any atom is 0.416 e. The summed E-state index contributed by atoms with van der Waals surface area (Å²) in [5.74, 6) is -0.538. The molecule has 1 aliphatic rings. The summed E-state index contributed by atoms with van der Waals surface area (Å²) in [4.78, 5) is 22.8. The molecule has 0 unspecified atom stereocenters. The molecule has 1 aliphatic heterocycles. The molecule has 2 heterocycles. The molecule has 138 valence electrons. The van der Waals surface area contributed by atoms with E-state index in [1.165, 1.54) is 24.5 Å². The van der Waals surface area contributed by atoms with Gasteiger partial charge >= 0.3 is 12.1 Å². The predicted octanol–water partition coefficient (Wildman–Crippen LogP) is 2.52. The van der Waals surface area contributed by atoms with E-state index in [9.17, 15) is 18.0 Å². The third-order valence-corrected chi connectivity index (χ3v) is 4.21. The van der Waals surface area contributed by atoms with Crippen molar-refractivity contribution in [3.05, 3.63) is 53.5 Å². The minimum absolute atomic E-state index is 0.114. The summed E-state index contributed by atoms with van der Waals surface area (Å²) in [7, 11) is 0. The summed E-state index contributed by atoms with van der Waals surface area (Å²) >= 11 is 0. The second-order valence-electron chi connectivity index (χ2n) is 6.03. The highest BCUT2D eigenvalue weighted by Gasteiger charge is 2.30. The lowest BCUT2D eigenvalue weighted by Gasteiger charge is -2.35. The van der Waals surface area contributed by atoms with E-state index in [1.807, 2.05) is 4.90 Å². The summed E-state index contributed by atoms with van der Waals surface area (Å²) < 4.78 is 38.4. The first kappa shape index (κ1) is 18.1. The molecule has 0 saturated carbocycles. The highest BCUT2D eigenvalue weighted by Crippen LogP contribution is 2.29. The van der Waals surface area contributed by atoms with Gasteiger partial charge in [-0.2, -0.15) is 13.2 Å². The van der Waals surface area contributed by atoms with E-state index in [4.69, 9.17) is 5.11 Å². The van der Waals surface area contributed by atoms with Crippen LogP contribution in [0.2, 0.25) is 0 Å². The van der Waals surface area contributed by atoms with Gasteiger partial charge in [0.25, 0.3) is 0 Å². The van der Waals surface area contributed by atoms with Crippen molar-refractivity contribution in [1.82, 2.24) is 14.9 Å². The fourth-order valence-electron chi connectivity index (χ4n) is 2.83. The van der Waals surface area contributed by atoms with Crippen LogP contribution in [0.1, 0.15) is 21.6 Å². The van der Waals surface area contributed by atoms with Gasteiger partial charge in [0.1, 0.15) is 5.82 Å². The van der Waals surface area contributed by atoms with Gasteiger partial charge in [0, 0.05) is 32.7 Å². The van der Waals surface area contributed by atoms with Gasteiger partial charge in [0.15, 0.2) is 5.69 Å². The molecule has 3 rings (SSSR count). The SMILES string of the molecule is O=C(O)c1cnc(N2CCN(Cc3cccc(C(F)(F)F)c3)CC2)cn1. The van der Waals surface area contributed by atoms with Crippen LogP contribution in [-0.2, 0) is 12.7 Å². The predicted molar refractivity (Wildman–Crippen MR) is 87.9 cm³/mol. The number of nitrogens with zero attached hydrogens (tertiary/aromatic N) is 4. The van der Waals surface area contributed by atoms with Crippen molar-refractivity contribution >= 4 is 11.8 Å². The molecule has 0 atom stereocenters. The van der Waals surface area contributed by atoms with Crippen molar-refractivity contribution < 1.29 is 23.1 Å². The maximum atomic E-state index is 12.8. The number of hydrogen-bond donors (Lipinski definition) is 1. The highest BCUT2D eigenvalue weighted by molar-refractivity contribution is 5.84. The molecule has 0 aliphatic carbocycles. The summed E-state index contributed by atoms with van der Waals surface area (Å²) in [5.41, 5.74) is -0.127. The molecule has 1 fully saturated rings. The van der Waals surface area contributed by atoms with E-state index in [-0.39, 0.29) is 5.69 Å². The summed E-state index contributed by atoms with van der Waals surface area (Å²) in [5, 5.41) is 8.84. The van der Waals surface area contributed by atoms with Crippen molar-refractivity contribution in [2.45, 2.75) is 12.7 Å². The van der Waals surface area contributed by atoms with Gasteiger partial charge in [-0.1, -0.05) is 18.2 Å². The Balaban J connectivity index is 1.58. The number of carboxylic acid groups (broad SMARTS) is 1. The van der Waals surface area contributed by atoms with E-state index in [0.717, 1.165) is 6.07 Å². The molecule has 1 aromatic carbocycles. The van der Waals surface area contributed by atoms with Crippen LogP contribution in [0.15, 0.2) is 36.7 Å². The Morgan fingerprint density at radius 2 is 1.85 bits per heavy atom. The van der Waals surface area contributed by atoms with Crippen LogP contribution >= 0.6 is 0 Å². The zero-order valence-electron chi connectivity index (χ0n) is 13.8. The Hall–Kier alpha value is -2.68. The molecular formula is C17H17F3N4O2. The van der Waals surface area contributed by atoms with Crippen molar-refractivity contribution in [2.75, 3.05) is 31.1 Å². The average Bonchev–Trinajstić information content (AvgIpc) is 2.62. The number of carbonyl (C=O) groups is 1. The van der Waals surface area contributed by atoms with Gasteiger partial charge in [-0.3, -0.25) is 4.90 Å². The van der Waals surface area contributed by atoms with E-state index < -0.39 is 17.7 Å². The number of anilines is 1. The van der Waals surface area contributed by atoms with Crippen LogP contribution in [0, 0.1) is 0 Å². The minimum atomic E-state index is -4.34. The van der Waals surface area contributed by atoms with Crippen molar-refractivity contribution in [3.63, 3.8) is 0 Å². The first-order valence-corrected chi connectivity index (χ1v) is 8.02. The standard InChI is InChI=1S/C17H17F3N4O2/c18-17(19,20)13-3-1-2-12(8-13)11-23-4-6-24(7-5-23)15-10-21-14(9-22-15)16(25)26/h1-3,8-10H,4-7,11H2,(H,25,26). The molecule has 2 aromatic rings. The number of benzene rings is 1. The van der Waals surface area contributed by atoms with Crippen LogP contribution in [0.3, 0.4) is 0 Å². The van der Waals surface area contributed by atoms with Gasteiger partial charge in [0.2, 0.25) is 0 Å². The van der Waals surface area contributed by atoms with Gasteiger partial charge in [-0.15, -0.1) is 0 Å². The molecule has 0 spiro atoms. The topological polar surface area (TPSA) is 69.6 Å². The average molecular weight is 366 g/mol. The molecule has 0 amide bonds. The summed E-state index contributed by atoms with van der Waals surface area (Å²) in [6.07, 6.45) is -1.70. The second-order valence-corrected chi connectivity index (χ2v) is 6.03. The Morgan fingerprint density at radius 3 is 2.42 bits per heavy atom. The number of piperazine rings is 1. The number of rotatable bonds is 4. The van der Waals surface area contributed by atoms with Crippen LogP contribution in [-0.4, -0.2) is 52.1 Å². The maximum absolute atomic E-state index is 12.8. The van der Waals surface area contributed by atoms with Gasteiger partial charge in [-0.05, 0) is 11.6 Å². The molecular weight excluding hydrogens is 349 g/mol. The lowest BCUT2D eigenvalue weighted by atomic mass is 10.1. The van der Waals surface area contributed by atoms with Gasteiger partial charge < -0.3 is 10.0 Å². The molecule has 1 saturated heterocycles. The lowest BCUT2D eigenvalue weighted by molar-refractivity contribution is -0.137. The first-order valence-electron chi connectivity index (χ1n) is 8.02. The van der Waals surface area contributed by atoms with E-state index in [1.54, 1.807) is 6.07 Å². The molecule has 0 bridgehead atoms. The Kier molecular flexibility index (Phi) is 5.08. The number of alkyl halides is 3. The number of carboxylic acids is 1. The normalized spacial score (nSPS) is 15.9. The molecule has 9 heteroatoms. The zero-order valence-corrected chi connectivity index (χ0v) is 13.8. The van der Waals surface area contributed by atoms with Crippen molar-refractivity contribution in [2.24, 2.45) is 0 Å². The second kappa shape index (κ2) is 7.28. The smallest absolute Gasteiger partial charge is 0.416 e. The minimum Gasteiger partial charge on any atom is -0.476 e. The molecule has 1 aromatic heterocycles. The summed E-state index contributed by atoms with van der Waals surface area (Å²) in [6.45, 7) is 3.05. The van der Waals surface area contributed by atoms with Gasteiger partial charge in [-0.25, -0.2) is 14.8 Å². The number of aromatic carboxylic acids is 1. The van der Waals surface area contributed by atoms with Crippen LogP contribution in [0.5, 0.6) is 0 Å². The van der Waals surface area contributed by atoms with Crippen LogP contribution < -0.4 is 4.90 Å².